The molecule has 1 heterocycles. The molecule has 2 N–H and O–H groups in total. The number of hydrogen-bond donors (Lipinski definition) is 2. The van der Waals surface area contributed by atoms with Crippen molar-refractivity contribution < 1.29 is 24.5 Å². The van der Waals surface area contributed by atoms with Crippen molar-refractivity contribution >= 4 is 11.9 Å². The minimum Gasteiger partial charge on any atom is -0.481 e. The molecule has 0 spiro atoms. The van der Waals surface area contributed by atoms with Crippen LogP contribution in [0, 0.1) is 0 Å². The zero-order valence-electron chi connectivity index (χ0n) is 11.6. The minimum absolute atomic E-state index is 0.114. The molecule has 1 aliphatic rings. The highest BCUT2D eigenvalue weighted by Gasteiger charge is 2.32. The van der Waals surface area contributed by atoms with Crippen molar-refractivity contribution in [3.05, 3.63) is 35.9 Å². The standard InChI is InChI=1S/C15H19NO5/c17-14(18)9-13(15(19)20)16-6-7-21-12(10-16)8-11-4-2-1-3-5-11/h1-5,12-13H,6-10H2,(H,17,18)(H,19,20)/t12-,13?/m1/s1. The molecule has 0 aromatic heterocycles. The van der Waals surface area contributed by atoms with E-state index in [9.17, 15) is 14.7 Å². The van der Waals surface area contributed by atoms with Crippen LogP contribution in [0.3, 0.4) is 0 Å². The van der Waals surface area contributed by atoms with Crippen molar-refractivity contribution in [1.29, 1.82) is 0 Å². The number of carboxylic acids is 2. The third kappa shape index (κ3) is 4.54. The van der Waals surface area contributed by atoms with E-state index >= 15 is 0 Å². The Morgan fingerprint density at radius 3 is 2.62 bits per heavy atom. The van der Waals surface area contributed by atoms with E-state index in [0.29, 0.717) is 26.1 Å². The van der Waals surface area contributed by atoms with Gasteiger partial charge in [0.05, 0.1) is 19.1 Å². The zero-order valence-corrected chi connectivity index (χ0v) is 11.6. The van der Waals surface area contributed by atoms with Gasteiger partial charge >= 0.3 is 11.9 Å². The van der Waals surface area contributed by atoms with Gasteiger partial charge in [-0.1, -0.05) is 30.3 Å². The fraction of sp³-hybridized carbons (Fsp3) is 0.467. The van der Waals surface area contributed by atoms with Crippen molar-refractivity contribution in [3.63, 3.8) is 0 Å². The van der Waals surface area contributed by atoms with Gasteiger partial charge in [0.25, 0.3) is 0 Å². The van der Waals surface area contributed by atoms with E-state index in [1.807, 2.05) is 30.3 Å². The first kappa shape index (κ1) is 15.5. The van der Waals surface area contributed by atoms with Crippen LogP contribution in [0.1, 0.15) is 12.0 Å². The lowest BCUT2D eigenvalue weighted by atomic mass is 10.0. The fourth-order valence-corrected chi connectivity index (χ4v) is 2.56. The van der Waals surface area contributed by atoms with E-state index in [1.165, 1.54) is 0 Å². The van der Waals surface area contributed by atoms with Gasteiger partial charge in [0.15, 0.2) is 0 Å². The van der Waals surface area contributed by atoms with Gasteiger partial charge in [-0.2, -0.15) is 0 Å². The van der Waals surface area contributed by atoms with Crippen molar-refractivity contribution in [3.8, 4) is 0 Å². The Bertz CT molecular complexity index is 490. The third-order valence-electron chi connectivity index (χ3n) is 3.57. The smallest absolute Gasteiger partial charge is 0.321 e. The highest BCUT2D eigenvalue weighted by atomic mass is 16.5. The van der Waals surface area contributed by atoms with Gasteiger partial charge in [0.1, 0.15) is 6.04 Å². The van der Waals surface area contributed by atoms with E-state index in [-0.39, 0.29) is 6.10 Å². The molecule has 1 aromatic rings. The fourth-order valence-electron chi connectivity index (χ4n) is 2.56. The van der Waals surface area contributed by atoms with Crippen LogP contribution in [-0.4, -0.2) is 58.9 Å². The number of hydrogen-bond acceptors (Lipinski definition) is 4. The summed E-state index contributed by atoms with van der Waals surface area (Å²) in [6.45, 7) is 1.29. The predicted octanol–water partition coefficient (Wildman–Crippen LogP) is 0.858. The number of ether oxygens (including phenoxy) is 1. The van der Waals surface area contributed by atoms with Crippen molar-refractivity contribution in [1.82, 2.24) is 4.90 Å². The van der Waals surface area contributed by atoms with Gasteiger partial charge in [-0.3, -0.25) is 14.5 Å². The molecule has 114 valence electrons. The number of benzene rings is 1. The molecule has 2 rings (SSSR count). The maximum absolute atomic E-state index is 11.3. The van der Waals surface area contributed by atoms with Crippen LogP contribution in [0.25, 0.3) is 0 Å². The third-order valence-corrected chi connectivity index (χ3v) is 3.57. The monoisotopic (exact) mass is 293 g/mol. The average Bonchev–Trinajstić information content (AvgIpc) is 2.45. The molecule has 1 fully saturated rings. The highest BCUT2D eigenvalue weighted by molar-refractivity contribution is 5.80. The summed E-state index contributed by atoms with van der Waals surface area (Å²) in [5.74, 6) is -2.20. The molecule has 6 heteroatoms. The van der Waals surface area contributed by atoms with E-state index < -0.39 is 24.4 Å². The molecule has 1 aromatic carbocycles. The second-order valence-corrected chi connectivity index (χ2v) is 5.13. The Morgan fingerprint density at radius 1 is 1.29 bits per heavy atom. The van der Waals surface area contributed by atoms with E-state index in [4.69, 9.17) is 9.84 Å². The maximum atomic E-state index is 11.3. The number of aliphatic carboxylic acids is 2. The summed E-state index contributed by atoms with van der Waals surface area (Å²) in [6, 6.07) is 8.82. The molecule has 0 aliphatic carbocycles. The quantitative estimate of drug-likeness (QED) is 0.809. The zero-order chi connectivity index (χ0) is 15.2. The van der Waals surface area contributed by atoms with Crippen LogP contribution < -0.4 is 0 Å². The van der Waals surface area contributed by atoms with Crippen molar-refractivity contribution in [2.75, 3.05) is 19.7 Å². The summed E-state index contributed by atoms with van der Waals surface area (Å²) in [4.78, 5) is 23.7. The minimum atomic E-state index is -1.10. The average molecular weight is 293 g/mol. The van der Waals surface area contributed by atoms with Crippen molar-refractivity contribution in [2.45, 2.75) is 25.0 Å². The van der Waals surface area contributed by atoms with Crippen LogP contribution in [-0.2, 0) is 20.7 Å². The second-order valence-electron chi connectivity index (χ2n) is 5.13. The Hall–Kier alpha value is -1.92. The Labute approximate surface area is 122 Å². The molecule has 0 bridgehead atoms. The molecular weight excluding hydrogens is 274 g/mol. The van der Waals surface area contributed by atoms with Gasteiger partial charge in [0.2, 0.25) is 0 Å². The van der Waals surface area contributed by atoms with Gasteiger partial charge in [-0.15, -0.1) is 0 Å². The second kappa shape index (κ2) is 7.19. The molecule has 1 saturated heterocycles. The molecule has 6 nitrogen and oxygen atoms in total. The maximum Gasteiger partial charge on any atom is 0.321 e. The lowest BCUT2D eigenvalue weighted by Gasteiger charge is -2.36. The van der Waals surface area contributed by atoms with Gasteiger partial charge in [-0.05, 0) is 12.0 Å². The van der Waals surface area contributed by atoms with Crippen LogP contribution in [0.4, 0.5) is 0 Å². The lowest BCUT2D eigenvalue weighted by Crippen LogP contribution is -2.51. The Kier molecular flexibility index (Phi) is 5.30. The molecule has 0 amide bonds. The van der Waals surface area contributed by atoms with E-state index in [1.54, 1.807) is 4.90 Å². The van der Waals surface area contributed by atoms with Crippen LogP contribution >= 0.6 is 0 Å². The number of carboxylic acid groups (broad SMARTS) is 2. The SMILES string of the molecule is O=C(O)CC(C(=O)O)N1CCO[C@H](Cc2ccccc2)C1. The molecule has 21 heavy (non-hydrogen) atoms. The number of rotatable bonds is 6. The lowest BCUT2D eigenvalue weighted by molar-refractivity contribution is -0.153. The number of nitrogens with zero attached hydrogens (tertiary/aromatic N) is 1. The van der Waals surface area contributed by atoms with E-state index in [0.717, 1.165) is 5.56 Å². The van der Waals surface area contributed by atoms with Gasteiger partial charge in [0, 0.05) is 13.1 Å². The first-order chi connectivity index (χ1) is 10.1. The summed E-state index contributed by atoms with van der Waals surface area (Å²) in [6.07, 6.45) is 0.182. The van der Waals surface area contributed by atoms with Gasteiger partial charge in [-0.25, -0.2) is 0 Å². The molecular formula is C15H19NO5. The topological polar surface area (TPSA) is 87.1 Å². The van der Waals surface area contributed by atoms with E-state index in [2.05, 4.69) is 0 Å². The summed E-state index contributed by atoms with van der Waals surface area (Å²) >= 11 is 0. The number of carbonyl (C=O) groups is 2. The first-order valence-corrected chi connectivity index (χ1v) is 6.90. The molecule has 0 radical (unpaired) electrons. The molecule has 1 aliphatic heterocycles. The summed E-state index contributed by atoms with van der Waals surface area (Å²) in [5, 5.41) is 18.0. The van der Waals surface area contributed by atoms with Crippen molar-refractivity contribution in [2.24, 2.45) is 0 Å². The number of morpholine rings is 1. The summed E-state index contributed by atoms with van der Waals surface area (Å²) in [7, 11) is 0. The molecule has 1 unspecified atom stereocenters. The van der Waals surface area contributed by atoms with Crippen LogP contribution in [0.5, 0.6) is 0 Å². The Balaban J connectivity index is 1.98. The normalized spacial score (nSPS) is 20.9. The summed E-state index contributed by atoms with van der Waals surface area (Å²) in [5.41, 5.74) is 1.12. The predicted molar refractivity (Wildman–Crippen MR) is 75.1 cm³/mol. The first-order valence-electron chi connectivity index (χ1n) is 6.90. The summed E-state index contributed by atoms with van der Waals surface area (Å²) < 4.78 is 5.66. The molecule has 0 saturated carbocycles. The van der Waals surface area contributed by atoms with Crippen LogP contribution in [0.2, 0.25) is 0 Å². The Morgan fingerprint density at radius 2 is 2.00 bits per heavy atom. The van der Waals surface area contributed by atoms with Gasteiger partial charge < -0.3 is 14.9 Å². The van der Waals surface area contributed by atoms with Crippen LogP contribution in [0.15, 0.2) is 30.3 Å². The largest absolute Gasteiger partial charge is 0.481 e. The molecule has 2 atom stereocenters. The highest BCUT2D eigenvalue weighted by Crippen LogP contribution is 2.15.